The number of hydrogen-bond donors (Lipinski definition) is 1. The topological polar surface area (TPSA) is 70.0 Å². The van der Waals surface area contributed by atoms with Crippen LogP contribution in [0.4, 0.5) is 0 Å². The zero-order valence-corrected chi connectivity index (χ0v) is 19.4. The lowest BCUT2D eigenvalue weighted by molar-refractivity contribution is -0.113. The molecule has 2 aromatic rings. The fraction of sp³-hybridized carbons (Fsp3) is 0.227. The number of halogens is 1. The summed E-state index contributed by atoms with van der Waals surface area (Å²) in [6.45, 7) is 5.36. The van der Waals surface area contributed by atoms with Crippen molar-refractivity contribution in [2.75, 3.05) is 5.75 Å². The Bertz CT molecular complexity index is 1090. The van der Waals surface area contributed by atoms with Gasteiger partial charge in [-0.3, -0.25) is 9.59 Å². The average molecular weight is 487 g/mol. The standard InChI is InChI=1S/C22H19BrN2O2S2/c1-12-7-8-28-21(12)20-17(10-24)22(25-13(2)19(20)14(3)26)29-11-18(27)15-5-4-6-16(23)9-15/h4-9,20,25H,11H2,1-3H3/t20-/m1/s1. The number of carbonyl (C=O) groups is 2. The van der Waals surface area contributed by atoms with E-state index in [4.69, 9.17) is 0 Å². The molecule has 0 aliphatic carbocycles. The predicted molar refractivity (Wildman–Crippen MR) is 122 cm³/mol. The van der Waals surface area contributed by atoms with E-state index in [2.05, 4.69) is 27.3 Å². The van der Waals surface area contributed by atoms with Crippen LogP contribution in [0.1, 0.15) is 40.6 Å². The third-order valence-corrected chi connectivity index (χ3v) is 7.28. The Morgan fingerprint density at radius 2 is 2.07 bits per heavy atom. The molecular weight excluding hydrogens is 468 g/mol. The summed E-state index contributed by atoms with van der Waals surface area (Å²) in [5.74, 6) is -0.286. The normalized spacial score (nSPS) is 16.4. The van der Waals surface area contributed by atoms with Crippen LogP contribution in [-0.2, 0) is 4.79 Å². The van der Waals surface area contributed by atoms with Crippen molar-refractivity contribution >= 4 is 50.6 Å². The predicted octanol–water partition coefficient (Wildman–Crippen LogP) is 5.72. The van der Waals surface area contributed by atoms with Gasteiger partial charge in [-0.1, -0.05) is 39.8 Å². The van der Waals surface area contributed by atoms with Gasteiger partial charge >= 0.3 is 0 Å². The summed E-state index contributed by atoms with van der Waals surface area (Å²) >= 11 is 6.23. The maximum atomic E-state index is 12.6. The number of benzene rings is 1. The van der Waals surface area contributed by atoms with E-state index in [1.807, 2.05) is 37.4 Å². The number of thioether (sulfide) groups is 1. The van der Waals surface area contributed by atoms with Crippen molar-refractivity contribution < 1.29 is 9.59 Å². The lowest BCUT2D eigenvalue weighted by Crippen LogP contribution is -2.27. The molecule has 1 N–H and O–H groups in total. The Hall–Kier alpha value is -2.14. The van der Waals surface area contributed by atoms with Gasteiger partial charge in [0.25, 0.3) is 0 Å². The van der Waals surface area contributed by atoms with Gasteiger partial charge in [0.15, 0.2) is 11.6 Å². The van der Waals surface area contributed by atoms with Crippen LogP contribution in [0.3, 0.4) is 0 Å². The number of rotatable bonds is 6. The van der Waals surface area contributed by atoms with Crippen LogP contribution in [-0.4, -0.2) is 17.3 Å². The van der Waals surface area contributed by atoms with Crippen molar-refractivity contribution in [3.8, 4) is 6.07 Å². The van der Waals surface area contributed by atoms with Crippen molar-refractivity contribution in [1.82, 2.24) is 5.32 Å². The van der Waals surface area contributed by atoms with Crippen LogP contribution in [0.2, 0.25) is 0 Å². The molecule has 0 spiro atoms. The first-order chi connectivity index (χ1) is 13.8. The quantitative estimate of drug-likeness (QED) is 0.528. The molecular formula is C22H19BrN2O2S2. The minimum Gasteiger partial charge on any atom is -0.353 e. The summed E-state index contributed by atoms with van der Waals surface area (Å²) in [7, 11) is 0. The number of ketones is 2. The van der Waals surface area contributed by atoms with E-state index in [0.717, 1.165) is 20.6 Å². The van der Waals surface area contributed by atoms with Gasteiger partial charge < -0.3 is 5.32 Å². The highest BCUT2D eigenvalue weighted by Crippen LogP contribution is 2.43. The number of allylic oxidation sites excluding steroid dienone is 3. The minimum absolute atomic E-state index is 0.0225. The zero-order chi connectivity index (χ0) is 21.1. The first-order valence-corrected chi connectivity index (χ1v) is 11.6. The number of nitrogens with one attached hydrogen (secondary N) is 1. The first-order valence-electron chi connectivity index (χ1n) is 8.92. The van der Waals surface area contributed by atoms with E-state index in [1.165, 1.54) is 18.7 Å². The highest BCUT2D eigenvalue weighted by atomic mass is 79.9. The second-order valence-electron chi connectivity index (χ2n) is 6.70. The van der Waals surface area contributed by atoms with Gasteiger partial charge in [0.05, 0.1) is 28.3 Å². The molecule has 1 aliphatic heterocycles. The van der Waals surface area contributed by atoms with E-state index in [-0.39, 0.29) is 17.3 Å². The van der Waals surface area contributed by atoms with Crippen molar-refractivity contribution in [3.05, 3.63) is 78.1 Å². The lowest BCUT2D eigenvalue weighted by Gasteiger charge is -2.29. The second-order valence-corrected chi connectivity index (χ2v) is 9.55. The second kappa shape index (κ2) is 9.12. The van der Waals surface area contributed by atoms with Crippen molar-refractivity contribution in [2.45, 2.75) is 26.7 Å². The number of thiophene rings is 1. The number of Topliss-reactive ketones (excluding diaryl/α,β-unsaturated/α-hetero) is 2. The molecule has 4 nitrogen and oxygen atoms in total. The van der Waals surface area contributed by atoms with Crippen LogP contribution >= 0.6 is 39.0 Å². The number of aryl methyl sites for hydroxylation is 1. The monoisotopic (exact) mass is 486 g/mol. The summed E-state index contributed by atoms with van der Waals surface area (Å²) < 4.78 is 0.846. The van der Waals surface area contributed by atoms with Crippen LogP contribution < -0.4 is 5.32 Å². The summed E-state index contributed by atoms with van der Waals surface area (Å²) in [6, 6.07) is 11.5. The Balaban J connectivity index is 1.95. The van der Waals surface area contributed by atoms with Crippen LogP contribution in [0.25, 0.3) is 0 Å². The average Bonchev–Trinajstić information content (AvgIpc) is 3.10. The van der Waals surface area contributed by atoms with Gasteiger partial charge in [-0.05, 0) is 49.9 Å². The number of hydrogen-bond acceptors (Lipinski definition) is 6. The maximum Gasteiger partial charge on any atom is 0.173 e. The molecule has 1 aromatic carbocycles. The first kappa shape index (κ1) is 21.6. The third-order valence-electron chi connectivity index (χ3n) is 4.68. The number of nitrogens with zero attached hydrogens (tertiary/aromatic N) is 1. The molecule has 1 atom stereocenters. The fourth-order valence-electron chi connectivity index (χ4n) is 3.32. The lowest BCUT2D eigenvalue weighted by atomic mass is 9.84. The van der Waals surface area contributed by atoms with Crippen LogP contribution in [0, 0.1) is 18.3 Å². The summed E-state index contributed by atoms with van der Waals surface area (Å²) in [4.78, 5) is 26.0. The van der Waals surface area contributed by atoms with Crippen LogP contribution in [0.5, 0.6) is 0 Å². The largest absolute Gasteiger partial charge is 0.353 e. The Morgan fingerprint density at radius 1 is 1.31 bits per heavy atom. The van der Waals surface area contributed by atoms with E-state index in [0.29, 0.717) is 21.7 Å². The van der Waals surface area contributed by atoms with E-state index in [9.17, 15) is 14.9 Å². The molecule has 0 amide bonds. The SMILES string of the molecule is CC(=O)C1=C(C)NC(SCC(=O)c2cccc(Br)c2)=C(C#N)[C@H]1c1sccc1C. The van der Waals surface area contributed by atoms with Gasteiger partial charge in [0, 0.05) is 26.2 Å². The van der Waals surface area contributed by atoms with Crippen LogP contribution in [0.15, 0.2) is 62.1 Å². The number of dihydropyridines is 1. The molecule has 2 heterocycles. The molecule has 148 valence electrons. The smallest absolute Gasteiger partial charge is 0.173 e. The summed E-state index contributed by atoms with van der Waals surface area (Å²) in [6.07, 6.45) is 0. The number of carbonyl (C=O) groups excluding carboxylic acids is 2. The molecule has 1 aliphatic rings. The zero-order valence-electron chi connectivity index (χ0n) is 16.2. The molecule has 0 fully saturated rings. The molecule has 0 saturated heterocycles. The van der Waals surface area contributed by atoms with Gasteiger partial charge in [0.2, 0.25) is 0 Å². The molecule has 3 rings (SSSR count). The van der Waals surface area contributed by atoms with E-state index < -0.39 is 5.92 Å². The Kier molecular flexibility index (Phi) is 6.78. The Morgan fingerprint density at radius 3 is 2.66 bits per heavy atom. The number of nitriles is 1. The molecule has 1 aromatic heterocycles. The third kappa shape index (κ3) is 4.55. The van der Waals surface area contributed by atoms with E-state index >= 15 is 0 Å². The molecule has 29 heavy (non-hydrogen) atoms. The van der Waals surface area contributed by atoms with Gasteiger partial charge in [-0.25, -0.2) is 0 Å². The summed E-state index contributed by atoms with van der Waals surface area (Å²) in [5.41, 5.74) is 3.49. The van der Waals surface area contributed by atoms with Crippen molar-refractivity contribution in [2.24, 2.45) is 0 Å². The van der Waals surface area contributed by atoms with Crippen molar-refractivity contribution in [1.29, 1.82) is 5.26 Å². The van der Waals surface area contributed by atoms with Gasteiger partial charge in [0.1, 0.15) is 0 Å². The maximum absolute atomic E-state index is 12.6. The summed E-state index contributed by atoms with van der Waals surface area (Å²) in [5, 5.41) is 15.8. The molecule has 7 heteroatoms. The molecule has 0 unspecified atom stereocenters. The van der Waals surface area contributed by atoms with Gasteiger partial charge in [-0.2, -0.15) is 5.26 Å². The van der Waals surface area contributed by atoms with Gasteiger partial charge in [-0.15, -0.1) is 11.3 Å². The highest BCUT2D eigenvalue weighted by Gasteiger charge is 2.34. The molecule has 0 saturated carbocycles. The molecule has 0 radical (unpaired) electrons. The fourth-order valence-corrected chi connectivity index (χ4v) is 5.75. The Labute approximate surface area is 186 Å². The highest BCUT2D eigenvalue weighted by molar-refractivity contribution is 9.10. The molecule has 0 bridgehead atoms. The van der Waals surface area contributed by atoms with E-state index in [1.54, 1.807) is 23.5 Å². The minimum atomic E-state index is -0.401. The van der Waals surface area contributed by atoms with Crippen molar-refractivity contribution in [3.63, 3.8) is 0 Å².